The highest BCUT2D eigenvalue weighted by Gasteiger charge is 2.32. The predicted octanol–water partition coefficient (Wildman–Crippen LogP) is 4.06. The normalized spacial score (nSPS) is 10.3. The molecule has 15 heavy (non-hydrogen) atoms. The summed E-state index contributed by atoms with van der Waals surface area (Å²) in [5, 5.41) is 0. The Morgan fingerprint density at radius 3 is 2.13 bits per heavy atom. The van der Waals surface area contributed by atoms with Crippen LogP contribution in [0.1, 0.15) is 19.4 Å². The number of hydrogen-bond acceptors (Lipinski definition) is 1. The van der Waals surface area contributed by atoms with E-state index in [0.29, 0.717) is 0 Å². The summed E-state index contributed by atoms with van der Waals surface area (Å²) in [5.41, 5.74) is 0.113. The van der Waals surface area contributed by atoms with E-state index in [1.54, 1.807) is 0 Å². The molecule has 1 aromatic rings. The van der Waals surface area contributed by atoms with Crippen LogP contribution in [-0.4, -0.2) is 6.36 Å². The molecule has 1 rings (SSSR count). The lowest BCUT2D eigenvalue weighted by Gasteiger charge is -2.09. The van der Waals surface area contributed by atoms with Crippen LogP contribution in [0.15, 0.2) is 18.2 Å². The molecule has 0 amide bonds. The van der Waals surface area contributed by atoms with E-state index < -0.39 is 17.9 Å². The van der Waals surface area contributed by atoms with Crippen LogP contribution < -0.4 is 4.74 Å². The van der Waals surface area contributed by atoms with Crippen LogP contribution in [0.25, 0.3) is 0 Å². The first-order chi connectivity index (χ1) is 6.90. The molecule has 0 aliphatic rings. The van der Waals surface area contributed by atoms with E-state index in [9.17, 15) is 17.6 Å². The second kappa shape index (κ2) is 5.58. The number of halogens is 4. The highest BCUT2D eigenvalue weighted by molar-refractivity contribution is 5.30. The molecule has 1 aromatic carbocycles. The lowest BCUT2D eigenvalue weighted by molar-refractivity contribution is -0.275. The third-order valence-electron chi connectivity index (χ3n) is 1.38. The molecular weight excluding hydrogens is 212 g/mol. The third kappa shape index (κ3) is 4.67. The molecule has 0 aliphatic heterocycles. The van der Waals surface area contributed by atoms with E-state index in [2.05, 4.69) is 4.74 Å². The Kier molecular flexibility index (Phi) is 5.11. The number of benzene rings is 1. The van der Waals surface area contributed by atoms with Crippen molar-refractivity contribution >= 4 is 0 Å². The molecule has 0 heterocycles. The number of alkyl halides is 3. The Labute approximate surface area is 85.7 Å². The fraction of sp³-hybridized carbons (Fsp3) is 0.400. The van der Waals surface area contributed by atoms with E-state index in [0.717, 1.165) is 6.07 Å². The van der Waals surface area contributed by atoms with Crippen molar-refractivity contribution in [3.8, 4) is 5.75 Å². The molecule has 0 saturated carbocycles. The molecule has 0 bridgehead atoms. The van der Waals surface area contributed by atoms with Gasteiger partial charge in [0.05, 0.1) is 0 Å². The van der Waals surface area contributed by atoms with Crippen molar-refractivity contribution in [1.29, 1.82) is 0 Å². The summed E-state index contributed by atoms with van der Waals surface area (Å²) in [7, 11) is 0. The molecular formula is C10H12F4O. The van der Waals surface area contributed by atoms with Crippen molar-refractivity contribution in [2.45, 2.75) is 27.1 Å². The molecule has 0 aromatic heterocycles. The van der Waals surface area contributed by atoms with E-state index in [-0.39, 0.29) is 5.56 Å². The summed E-state index contributed by atoms with van der Waals surface area (Å²) in [6.45, 7) is 5.36. The monoisotopic (exact) mass is 224 g/mol. The lowest BCUT2D eigenvalue weighted by Crippen LogP contribution is -2.18. The maximum absolute atomic E-state index is 12.9. The SMILES string of the molecule is CC.Cc1cccc(OC(F)(F)F)c1F. The second-order valence-corrected chi connectivity index (χ2v) is 2.43. The molecule has 0 radical (unpaired) electrons. The van der Waals surface area contributed by atoms with Crippen LogP contribution in [0.2, 0.25) is 0 Å². The second-order valence-electron chi connectivity index (χ2n) is 2.43. The van der Waals surface area contributed by atoms with E-state index >= 15 is 0 Å². The summed E-state index contributed by atoms with van der Waals surface area (Å²) >= 11 is 0. The third-order valence-corrected chi connectivity index (χ3v) is 1.38. The van der Waals surface area contributed by atoms with Crippen molar-refractivity contribution in [2.75, 3.05) is 0 Å². The zero-order valence-corrected chi connectivity index (χ0v) is 8.65. The van der Waals surface area contributed by atoms with Crippen LogP contribution in [0.5, 0.6) is 5.75 Å². The van der Waals surface area contributed by atoms with Gasteiger partial charge in [0.15, 0.2) is 11.6 Å². The van der Waals surface area contributed by atoms with Crippen molar-refractivity contribution < 1.29 is 22.3 Å². The Morgan fingerprint density at radius 2 is 1.67 bits per heavy atom. The number of ether oxygens (including phenoxy) is 1. The molecule has 0 saturated heterocycles. The quantitative estimate of drug-likeness (QED) is 0.653. The van der Waals surface area contributed by atoms with Gasteiger partial charge in [0.1, 0.15) is 0 Å². The summed E-state index contributed by atoms with van der Waals surface area (Å²) < 4.78 is 51.3. The minimum atomic E-state index is -4.85. The van der Waals surface area contributed by atoms with Crippen LogP contribution in [0, 0.1) is 12.7 Å². The van der Waals surface area contributed by atoms with Gasteiger partial charge >= 0.3 is 6.36 Å². The molecule has 0 spiro atoms. The summed E-state index contributed by atoms with van der Waals surface area (Å²) in [6, 6.07) is 3.58. The van der Waals surface area contributed by atoms with Gasteiger partial charge in [-0.15, -0.1) is 13.2 Å². The van der Waals surface area contributed by atoms with Crippen LogP contribution in [-0.2, 0) is 0 Å². The molecule has 0 atom stereocenters. The summed E-state index contributed by atoms with van der Waals surface area (Å²) in [5.74, 6) is -1.78. The molecule has 1 nitrogen and oxygen atoms in total. The van der Waals surface area contributed by atoms with E-state index in [4.69, 9.17) is 0 Å². The van der Waals surface area contributed by atoms with Gasteiger partial charge in [-0.2, -0.15) is 0 Å². The maximum Gasteiger partial charge on any atom is 0.573 e. The molecule has 0 aliphatic carbocycles. The average Bonchev–Trinajstić information content (AvgIpc) is 2.14. The first kappa shape index (κ1) is 13.7. The van der Waals surface area contributed by atoms with Gasteiger partial charge in [-0.25, -0.2) is 4.39 Å². The van der Waals surface area contributed by atoms with Crippen LogP contribution >= 0.6 is 0 Å². The minimum absolute atomic E-state index is 0.113. The highest BCUT2D eigenvalue weighted by Crippen LogP contribution is 2.26. The van der Waals surface area contributed by atoms with Crippen LogP contribution in [0.3, 0.4) is 0 Å². The maximum atomic E-state index is 12.9. The minimum Gasteiger partial charge on any atom is -0.403 e. The fourth-order valence-electron chi connectivity index (χ4n) is 0.824. The van der Waals surface area contributed by atoms with Crippen molar-refractivity contribution in [3.63, 3.8) is 0 Å². The van der Waals surface area contributed by atoms with Gasteiger partial charge in [0.2, 0.25) is 0 Å². The van der Waals surface area contributed by atoms with Crippen molar-refractivity contribution in [2.24, 2.45) is 0 Å². The smallest absolute Gasteiger partial charge is 0.403 e. The van der Waals surface area contributed by atoms with E-state index in [1.807, 2.05) is 13.8 Å². The van der Waals surface area contributed by atoms with Gasteiger partial charge in [-0.3, -0.25) is 0 Å². The first-order valence-corrected chi connectivity index (χ1v) is 4.41. The number of aryl methyl sites for hydroxylation is 1. The summed E-state index contributed by atoms with van der Waals surface area (Å²) in [4.78, 5) is 0. The Balaban J connectivity index is 0.000000921. The molecule has 86 valence electrons. The molecule has 5 heteroatoms. The number of rotatable bonds is 1. The Bertz CT molecular complexity index is 307. The van der Waals surface area contributed by atoms with Crippen LogP contribution in [0.4, 0.5) is 17.6 Å². The Morgan fingerprint density at radius 1 is 1.13 bits per heavy atom. The zero-order chi connectivity index (χ0) is 12.1. The van der Waals surface area contributed by atoms with Crippen molar-refractivity contribution in [1.82, 2.24) is 0 Å². The molecule has 0 fully saturated rings. The lowest BCUT2D eigenvalue weighted by atomic mass is 10.2. The van der Waals surface area contributed by atoms with Gasteiger partial charge < -0.3 is 4.74 Å². The van der Waals surface area contributed by atoms with Gasteiger partial charge in [-0.05, 0) is 18.6 Å². The fourth-order valence-corrected chi connectivity index (χ4v) is 0.824. The van der Waals surface area contributed by atoms with Gasteiger partial charge in [0.25, 0.3) is 0 Å². The molecule has 0 unspecified atom stereocenters. The van der Waals surface area contributed by atoms with E-state index in [1.165, 1.54) is 19.1 Å². The highest BCUT2D eigenvalue weighted by atomic mass is 19.4. The predicted molar refractivity (Wildman–Crippen MR) is 49.2 cm³/mol. The average molecular weight is 224 g/mol. The standard InChI is InChI=1S/C8H6F4O.C2H6/c1-5-3-2-4-6(7(5)9)13-8(10,11)12;1-2/h2-4H,1H3;1-2H3. The van der Waals surface area contributed by atoms with Gasteiger partial charge in [0, 0.05) is 0 Å². The Hall–Kier alpha value is -1.26. The first-order valence-electron chi connectivity index (χ1n) is 4.41. The largest absolute Gasteiger partial charge is 0.573 e. The number of hydrogen-bond donors (Lipinski definition) is 0. The molecule has 0 N–H and O–H groups in total. The summed E-state index contributed by atoms with van der Waals surface area (Å²) in [6.07, 6.45) is -4.85. The topological polar surface area (TPSA) is 9.23 Å². The van der Waals surface area contributed by atoms with Gasteiger partial charge in [-0.1, -0.05) is 26.0 Å². The zero-order valence-electron chi connectivity index (χ0n) is 8.65. The van der Waals surface area contributed by atoms with Crippen molar-refractivity contribution in [3.05, 3.63) is 29.6 Å².